The van der Waals surface area contributed by atoms with Crippen molar-refractivity contribution >= 4 is 40.8 Å². The molecule has 0 aromatic heterocycles. The van der Waals surface area contributed by atoms with Gasteiger partial charge in [-0.05, 0) is 86.0 Å². The van der Waals surface area contributed by atoms with Crippen molar-refractivity contribution in [3.05, 3.63) is 64.1 Å². The molecule has 1 aliphatic heterocycles. The number of carbonyl (C=O) groups is 2. The number of rotatable bonds is 5. The van der Waals surface area contributed by atoms with Gasteiger partial charge in [0.15, 0.2) is 0 Å². The number of nitrogens with zero attached hydrogens (tertiary/aromatic N) is 2. The van der Waals surface area contributed by atoms with Gasteiger partial charge in [-0.2, -0.15) is 0 Å². The molecule has 0 radical (unpaired) electrons. The van der Waals surface area contributed by atoms with Gasteiger partial charge in [-0.1, -0.05) is 53.5 Å². The molecule has 7 rings (SSSR count). The molecular formula is C28H32Cl2N4O2. The molecule has 2 aromatic carbocycles. The van der Waals surface area contributed by atoms with Crippen LogP contribution < -0.4 is 15.6 Å². The quantitative estimate of drug-likeness (QED) is 0.516. The summed E-state index contributed by atoms with van der Waals surface area (Å²) in [6, 6.07) is 15.1. The van der Waals surface area contributed by atoms with E-state index in [9.17, 15) is 9.59 Å². The fourth-order valence-electron chi connectivity index (χ4n) is 7.47. The summed E-state index contributed by atoms with van der Waals surface area (Å²) >= 11 is 13.1. The Bertz CT molecular complexity index is 1130. The van der Waals surface area contributed by atoms with E-state index in [1.807, 2.05) is 53.5 Å². The van der Waals surface area contributed by atoms with E-state index in [1.54, 1.807) is 5.01 Å². The van der Waals surface area contributed by atoms with E-state index >= 15 is 0 Å². The lowest BCUT2D eigenvalue weighted by Gasteiger charge is -2.54. The molecule has 190 valence electrons. The molecular weight excluding hydrogens is 495 g/mol. The zero-order valence-corrected chi connectivity index (χ0v) is 21.7. The molecule has 2 N–H and O–H groups in total. The first kappa shape index (κ1) is 23.9. The van der Waals surface area contributed by atoms with Crippen molar-refractivity contribution in [2.45, 2.75) is 50.6 Å². The number of amides is 3. The molecule has 36 heavy (non-hydrogen) atoms. The van der Waals surface area contributed by atoms with Crippen molar-refractivity contribution < 1.29 is 9.59 Å². The first-order chi connectivity index (χ1) is 17.5. The van der Waals surface area contributed by atoms with Gasteiger partial charge in [0.05, 0.1) is 16.8 Å². The molecule has 8 heteroatoms. The molecule has 4 bridgehead atoms. The SMILES string of the molecule is O=C(NCC(=O)N1CCC(c2ccccc2Cl)N1c1ccccc1Cl)NC1C2CC3CC(C2)CC1C3. The van der Waals surface area contributed by atoms with Gasteiger partial charge in [0.2, 0.25) is 0 Å². The Morgan fingerprint density at radius 1 is 0.861 bits per heavy atom. The molecule has 5 aliphatic rings. The van der Waals surface area contributed by atoms with Gasteiger partial charge in [-0.25, -0.2) is 4.79 Å². The van der Waals surface area contributed by atoms with Crippen molar-refractivity contribution in [3.8, 4) is 0 Å². The number of urea groups is 1. The Kier molecular flexibility index (Phi) is 6.51. The second-order valence-corrected chi connectivity index (χ2v) is 11.7. The maximum absolute atomic E-state index is 13.4. The lowest BCUT2D eigenvalue weighted by molar-refractivity contribution is -0.129. The minimum absolute atomic E-state index is 0.0741. The van der Waals surface area contributed by atoms with E-state index in [1.165, 1.54) is 32.1 Å². The number of hydrogen-bond acceptors (Lipinski definition) is 3. The maximum Gasteiger partial charge on any atom is 0.315 e. The highest BCUT2D eigenvalue weighted by Crippen LogP contribution is 2.53. The standard InChI is InChI=1S/C28H32Cl2N4O2/c29-22-6-2-1-5-21(22)24-9-10-33(34(24)25-8-4-3-7-23(25)30)26(35)16-31-28(36)32-27-19-12-17-11-18(14-19)15-20(27)13-17/h1-8,17-20,24,27H,9-16H2,(H2,31,32,36). The summed E-state index contributed by atoms with van der Waals surface area (Å²) in [5, 5.41) is 10.9. The van der Waals surface area contributed by atoms with E-state index in [2.05, 4.69) is 10.6 Å². The molecule has 4 aliphatic carbocycles. The highest BCUT2D eigenvalue weighted by atomic mass is 35.5. The van der Waals surface area contributed by atoms with Crippen LogP contribution in [0.3, 0.4) is 0 Å². The summed E-state index contributed by atoms with van der Waals surface area (Å²) in [6.45, 7) is 0.439. The van der Waals surface area contributed by atoms with E-state index in [4.69, 9.17) is 23.2 Å². The van der Waals surface area contributed by atoms with Crippen molar-refractivity contribution in [2.75, 3.05) is 18.1 Å². The summed E-state index contributed by atoms with van der Waals surface area (Å²) in [5.41, 5.74) is 1.69. The summed E-state index contributed by atoms with van der Waals surface area (Å²) in [6.07, 6.45) is 7.04. The largest absolute Gasteiger partial charge is 0.335 e. The average molecular weight is 527 g/mol. The monoisotopic (exact) mass is 526 g/mol. The van der Waals surface area contributed by atoms with Crippen LogP contribution in [0.2, 0.25) is 10.0 Å². The first-order valence-corrected chi connectivity index (χ1v) is 13.9. The maximum atomic E-state index is 13.4. The molecule has 2 aromatic rings. The lowest BCUT2D eigenvalue weighted by atomic mass is 9.54. The fourth-order valence-corrected chi connectivity index (χ4v) is 7.95. The number of anilines is 1. The van der Waals surface area contributed by atoms with Crippen molar-refractivity contribution in [1.29, 1.82) is 0 Å². The van der Waals surface area contributed by atoms with Crippen LogP contribution in [-0.4, -0.2) is 36.1 Å². The van der Waals surface area contributed by atoms with Gasteiger partial charge in [0.25, 0.3) is 5.91 Å². The highest BCUT2D eigenvalue weighted by Gasteiger charge is 2.48. The van der Waals surface area contributed by atoms with Crippen LogP contribution in [0.1, 0.15) is 50.1 Å². The number of hydrazine groups is 1. The van der Waals surface area contributed by atoms with Crippen LogP contribution in [0.15, 0.2) is 48.5 Å². The third-order valence-corrected chi connectivity index (χ3v) is 9.41. The predicted molar refractivity (Wildman–Crippen MR) is 142 cm³/mol. The number of benzene rings is 2. The topological polar surface area (TPSA) is 64.7 Å². The first-order valence-electron chi connectivity index (χ1n) is 13.1. The van der Waals surface area contributed by atoms with Crippen LogP contribution in [0.4, 0.5) is 10.5 Å². The predicted octanol–water partition coefficient (Wildman–Crippen LogP) is 5.81. The Morgan fingerprint density at radius 2 is 1.50 bits per heavy atom. The van der Waals surface area contributed by atoms with E-state index in [-0.39, 0.29) is 30.6 Å². The summed E-state index contributed by atoms with van der Waals surface area (Å²) in [7, 11) is 0. The van der Waals surface area contributed by atoms with Gasteiger partial charge < -0.3 is 10.6 Å². The summed E-state index contributed by atoms with van der Waals surface area (Å²) in [4.78, 5) is 26.3. The second kappa shape index (κ2) is 9.79. The van der Waals surface area contributed by atoms with Crippen LogP contribution >= 0.6 is 23.2 Å². The number of halogens is 2. The normalized spacial score (nSPS) is 30.5. The van der Waals surface area contributed by atoms with Crippen molar-refractivity contribution in [2.24, 2.45) is 23.7 Å². The van der Waals surface area contributed by atoms with E-state index in [0.717, 1.165) is 23.1 Å². The molecule has 1 heterocycles. The zero-order chi connectivity index (χ0) is 24.8. The molecule has 0 spiro atoms. The lowest BCUT2D eigenvalue weighted by Crippen LogP contribution is -2.58. The molecule has 4 saturated carbocycles. The van der Waals surface area contributed by atoms with Crippen LogP contribution in [0.25, 0.3) is 0 Å². The third kappa shape index (κ3) is 4.43. The minimum Gasteiger partial charge on any atom is -0.335 e. The Balaban J connectivity index is 1.14. The molecule has 1 saturated heterocycles. The average Bonchev–Trinajstić information content (AvgIpc) is 3.29. The van der Waals surface area contributed by atoms with Crippen LogP contribution in [-0.2, 0) is 4.79 Å². The van der Waals surface area contributed by atoms with Gasteiger partial charge in [0, 0.05) is 17.6 Å². The number of para-hydroxylation sites is 1. The molecule has 3 amide bonds. The summed E-state index contributed by atoms with van der Waals surface area (Å²) < 4.78 is 0. The van der Waals surface area contributed by atoms with Crippen molar-refractivity contribution in [3.63, 3.8) is 0 Å². The van der Waals surface area contributed by atoms with Crippen LogP contribution in [0, 0.1) is 23.7 Å². The smallest absolute Gasteiger partial charge is 0.315 e. The number of hydrogen-bond donors (Lipinski definition) is 2. The van der Waals surface area contributed by atoms with Gasteiger partial charge in [0.1, 0.15) is 6.54 Å². The fraction of sp³-hybridized carbons (Fsp3) is 0.500. The minimum atomic E-state index is -0.244. The Labute approximate surface area is 222 Å². The van der Waals surface area contributed by atoms with Crippen molar-refractivity contribution in [1.82, 2.24) is 15.6 Å². The highest BCUT2D eigenvalue weighted by molar-refractivity contribution is 6.33. The molecule has 6 nitrogen and oxygen atoms in total. The molecule has 5 fully saturated rings. The third-order valence-electron chi connectivity index (χ3n) is 8.75. The second-order valence-electron chi connectivity index (χ2n) is 10.9. The Morgan fingerprint density at radius 3 is 2.17 bits per heavy atom. The molecule has 1 unspecified atom stereocenters. The van der Waals surface area contributed by atoms with E-state index < -0.39 is 0 Å². The van der Waals surface area contributed by atoms with Gasteiger partial charge in [-0.3, -0.25) is 14.8 Å². The number of nitrogens with one attached hydrogen (secondary N) is 2. The zero-order valence-electron chi connectivity index (χ0n) is 20.2. The van der Waals surface area contributed by atoms with Crippen LogP contribution in [0.5, 0.6) is 0 Å². The molecule has 1 atom stereocenters. The van der Waals surface area contributed by atoms with Gasteiger partial charge >= 0.3 is 6.03 Å². The number of carbonyl (C=O) groups excluding carboxylic acids is 2. The van der Waals surface area contributed by atoms with Gasteiger partial charge in [-0.15, -0.1) is 0 Å². The summed E-state index contributed by atoms with van der Waals surface area (Å²) in [5.74, 6) is 2.71. The van der Waals surface area contributed by atoms with E-state index in [0.29, 0.717) is 34.8 Å². The Hall–Kier alpha value is -2.44.